The van der Waals surface area contributed by atoms with Crippen LogP contribution in [0.25, 0.3) is 0 Å². The number of thiophene rings is 1. The van der Waals surface area contributed by atoms with Gasteiger partial charge in [0.25, 0.3) is 0 Å². The Morgan fingerprint density at radius 1 is 1.17 bits per heavy atom. The number of esters is 1. The SMILES string of the molecule is CCOC(=O)CCC(C(=O)c1c(F)cccc1F)c1cccs1. The smallest absolute Gasteiger partial charge is 0.305 e. The predicted molar refractivity (Wildman–Crippen MR) is 83.6 cm³/mol. The normalized spacial score (nSPS) is 12.0. The maximum atomic E-state index is 13.9. The number of Topliss-reactive ketones (excluding diaryl/α,β-unsaturated/α-hetero) is 1. The third-order valence-corrected chi connectivity index (χ3v) is 4.34. The Morgan fingerprint density at radius 3 is 2.43 bits per heavy atom. The van der Waals surface area contributed by atoms with Crippen molar-refractivity contribution in [3.8, 4) is 0 Å². The molecule has 0 aliphatic rings. The molecule has 23 heavy (non-hydrogen) atoms. The molecule has 6 heteroatoms. The van der Waals surface area contributed by atoms with E-state index in [2.05, 4.69) is 0 Å². The van der Waals surface area contributed by atoms with Gasteiger partial charge in [0, 0.05) is 11.3 Å². The van der Waals surface area contributed by atoms with Crippen molar-refractivity contribution in [2.45, 2.75) is 25.7 Å². The summed E-state index contributed by atoms with van der Waals surface area (Å²) in [6.45, 7) is 1.94. The van der Waals surface area contributed by atoms with E-state index in [1.807, 2.05) is 0 Å². The zero-order valence-corrected chi connectivity index (χ0v) is 13.4. The fraction of sp³-hybridized carbons (Fsp3) is 0.294. The Labute approximate surface area is 136 Å². The molecular weight excluding hydrogens is 322 g/mol. The van der Waals surface area contributed by atoms with Crippen LogP contribution >= 0.6 is 11.3 Å². The molecule has 2 rings (SSSR count). The van der Waals surface area contributed by atoms with Crippen LogP contribution in [0, 0.1) is 11.6 Å². The highest BCUT2D eigenvalue weighted by Crippen LogP contribution is 2.31. The van der Waals surface area contributed by atoms with Gasteiger partial charge in [-0.3, -0.25) is 9.59 Å². The van der Waals surface area contributed by atoms with E-state index in [0.717, 1.165) is 12.1 Å². The second-order valence-electron chi connectivity index (χ2n) is 4.87. The summed E-state index contributed by atoms with van der Waals surface area (Å²) in [4.78, 5) is 24.8. The Bertz CT molecular complexity index is 663. The minimum atomic E-state index is -0.896. The van der Waals surface area contributed by atoms with Crippen molar-refractivity contribution in [1.82, 2.24) is 0 Å². The van der Waals surface area contributed by atoms with E-state index < -0.39 is 34.9 Å². The van der Waals surface area contributed by atoms with Crippen LogP contribution in [0.15, 0.2) is 35.7 Å². The number of hydrogen-bond acceptors (Lipinski definition) is 4. The van der Waals surface area contributed by atoms with Gasteiger partial charge in [0.15, 0.2) is 5.78 Å². The number of carbonyl (C=O) groups is 2. The highest BCUT2D eigenvalue weighted by atomic mass is 32.1. The van der Waals surface area contributed by atoms with Crippen molar-refractivity contribution in [1.29, 1.82) is 0 Å². The molecule has 0 aliphatic carbocycles. The molecule has 1 unspecified atom stereocenters. The molecule has 3 nitrogen and oxygen atoms in total. The number of ketones is 1. The molecule has 1 aromatic heterocycles. The van der Waals surface area contributed by atoms with E-state index in [9.17, 15) is 18.4 Å². The molecule has 0 saturated heterocycles. The van der Waals surface area contributed by atoms with Gasteiger partial charge >= 0.3 is 5.97 Å². The quantitative estimate of drug-likeness (QED) is 0.557. The van der Waals surface area contributed by atoms with E-state index >= 15 is 0 Å². The summed E-state index contributed by atoms with van der Waals surface area (Å²) in [5, 5.41) is 1.78. The first-order chi connectivity index (χ1) is 11.0. The van der Waals surface area contributed by atoms with Crippen LogP contribution in [0.1, 0.15) is 40.9 Å². The van der Waals surface area contributed by atoms with Crippen LogP contribution < -0.4 is 0 Å². The van der Waals surface area contributed by atoms with Gasteiger partial charge in [-0.05, 0) is 36.9 Å². The third kappa shape index (κ3) is 4.22. The molecular formula is C17H16F2O3S. The van der Waals surface area contributed by atoms with E-state index in [1.165, 1.54) is 17.4 Å². The number of ether oxygens (including phenoxy) is 1. The highest BCUT2D eigenvalue weighted by molar-refractivity contribution is 7.10. The van der Waals surface area contributed by atoms with Gasteiger partial charge in [-0.25, -0.2) is 8.78 Å². The minimum Gasteiger partial charge on any atom is -0.466 e. The minimum absolute atomic E-state index is 0.0121. The first-order valence-corrected chi connectivity index (χ1v) is 8.09. The van der Waals surface area contributed by atoms with Gasteiger partial charge in [0.2, 0.25) is 0 Å². The molecule has 0 aliphatic heterocycles. The van der Waals surface area contributed by atoms with Crippen LogP contribution in [0.3, 0.4) is 0 Å². The molecule has 0 bridgehead atoms. The van der Waals surface area contributed by atoms with Gasteiger partial charge in [-0.2, -0.15) is 0 Å². The molecule has 1 aromatic carbocycles. The van der Waals surface area contributed by atoms with Crippen molar-refractivity contribution < 1.29 is 23.1 Å². The predicted octanol–water partition coefficient (Wildman–Crippen LogP) is 4.34. The zero-order chi connectivity index (χ0) is 16.8. The summed E-state index contributed by atoms with van der Waals surface area (Å²) < 4.78 is 32.6. The van der Waals surface area contributed by atoms with Crippen LogP contribution in [0.2, 0.25) is 0 Å². The Kier molecular flexibility index (Phi) is 5.98. The molecule has 0 saturated carbocycles. The molecule has 0 radical (unpaired) electrons. The van der Waals surface area contributed by atoms with Crippen molar-refractivity contribution in [3.05, 3.63) is 57.8 Å². The van der Waals surface area contributed by atoms with Crippen LogP contribution in [0.5, 0.6) is 0 Å². The summed E-state index contributed by atoms with van der Waals surface area (Å²) in [6, 6.07) is 6.78. The molecule has 0 spiro atoms. The van der Waals surface area contributed by atoms with Crippen LogP contribution in [-0.2, 0) is 9.53 Å². The van der Waals surface area contributed by atoms with Crippen molar-refractivity contribution in [2.75, 3.05) is 6.61 Å². The largest absolute Gasteiger partial charge is 0.466 e. The van der Waals surface area contributed by atoms with E-state index in [4.69, 9.17) is 4.74 Å². The maximum absolute atomic E-state index is 13.9. The Hall–Kier alpha value is -2.08. The van der Waals surface area contributed by atoms with E-state index in [1.54, 1.807) is 24.4 Å². The molecule has 0 fully saturated rings. The van der Waals surface area contributed by atoms with Gasteiger partial charge in [-0.1, -0.05) is 12.1 Å². The first kappa shape index (κ1) is 17.3. The van der Waals surface area contributed by atoms with Gasteiger partial charge in [-0.15, -0.1) is 11.3 Å². The lowest BCUT2D eigenvalue weighted by Crippen LogP contribution is -2.17. The summed E-state index contributed by atoms with van der Waals surface area (Å²) in [7, 11) is 0. The third-order valence-electron chi connectivity index (χ3n) is 3.35. The summed E-state index contributed by atoms with van der Waals surface area (Å²) in [6.07, 6.45) is 0.157. The molecule has 122 valence electrons. The molecule has 2 aromatic rings. The summed E-state index contributed by atoms with van der Waals surface area (Å²) in [5.74, 6) is -3.66. The Balaban J connectivity index is 2.27. The van der Waals surface area contributed by atoms with Crippen LogP contribution in [0.4, 0.5) is 8.78 Å². The number of halogens is 2. The van der Waals surface area contributed by atoms with Crippen molar-refractivity contribution in [2.24, 2.45) is 0 Å². The van der Waals surface area contributed by atoms with E-state index in [-0.39, 0.29) is 19.4 Å². The van der Waals surface area contributed by atoms with Gasteiger partial charge in [0.1, 0.15) is 11.6 Å². The van der Waals surface area contributed by atoms with Crippen molar-refractivity contribution in [3.63, 3.8) is 0 Å². The zero-order valence-electron chi connectivity index (χ0n) is 12.6. The lowest BCUT2D eigenvalue weighted by molar-refractivity contribution is -0.143. The maximum Gasteiger partial charge on any atom is 0.305 e. The number of benzene rings is 1. The molecule has 1 atom stereocenters. The fourth-order valence-corrected chi connectivity index (χ4v) is 3.16. The number of hydrogen-bond donors (Lipinski definition) is 0. The second kappa shape index (κ2) is 7.97. The fourth-order valence-electron chi connectivity index (χ4n) is 2.29. The average molecular weight is 338 g/mol. The number of rotatable bonds is 7. The first-order valence-electron chi connectivity index (χ1n) is 7.21. The topological polar surface area (TPSA) is 43.4 Å². The standard InChI is InChI=1S/C17H16F2O3S/c1-2-22-15(20)9-8-11(14-7-4-10-23-14)17(21)16-12(18)5-3-6-13(16)19/h3-7,10-11H,2,8-9H2,1H3. The van der Waals surface area contributed by atoms with Gasteiger partial charge < -0.3 is 4.74 Å². The van der Waals surface area contributed by atoms with E-state index in [0.29, 0.717) is 4.88 Å². The average Bonchev–Trinajstić information content (AvgIpc) is 3.01. The molecule has 0 N–H and O–H groups in total. The monoisotopic (exact) mass is 338 g/mol. The van der Waals surface area contributed by atoms with Gasteiger partial charge in [0.05, 0.1) is 18.1 Å². The second-order valence-corrected chi connectivity index (χ2v) is 5.85. The molecule has 0 amide bonds. The number of carbonyl (C=O) groups excluding carboxylic acids is 2. The lowest BCUT2D eigenvalue weighted by Gasteiger charge is -2.15. The lowest BCUT2D eigenvalue weighted by atomic mass is 9.91. The Morgan fingerprint density at radius 2 is 1.87 bits per heavy atom. The highest BCUT2D eigenvalue weighted by Gasteiger charge is 2.28. The summed E-state index contributed by atoms with van der Waals surface area (Å²) in [5.41, 5.74) is -0.560. The van der Waals surface area contributed by atoms with Crippen molar-refractivity contribution >= 4 is 23.1 Å². The summed E-state index contributed by atoms with van der Waals surface area (Å²) >= 11 is 1.31. The molecule has 1 heterocycles. The van der Waals surface area contributed by atoms with Crippen LogP contribution in [-0.4, -0.2) is 18.4 Å².